The predicted octanol–water partition coefficient (Wildman–Crippen LogP) is 1.47. The molecule has 2 aromatic rings. The fourth-order valence-corrected chi connectivity index (χ4v) is 3.77. The van der Waals surface area contributed by atoms with E-state index in [1.807, 2.05) is 0 Å². The lowest BCUT2D eigenvalue weighted by molar-refractivity contribution is -0.146. The van der Waals surface area contributed by atoms with E-state index >= 15 is 0 Å². The number of benzene rings is 2. The number of carbonyl (C=O) groups excluding carboxylic acids is 3. The summed E-state index contributed by atoms with van der Waals surface area (Å²) >= 11 is 0. The molecule has 0 radical (unpaired) electrons. The van der Waals surface area contributed by atoms with Crippen molar-refractivity contribution in [3.63, 3.8) is 0 Å². The lowest BCUT2D eigenvalue weighted by Gasteiger charge is -2.15. The SMILES string of the molecule is Cc1ccccc1C(=O)NCC(=O)OCC(=O)Nc1ccc(C)c(S(=O)(=O)N(C)C)c1. The highest BCUT2D eigenvalue weighted by atomic mass is 32.2. The standard InChI is InChI=1S/C21H25N3O6S/c1-14-7-5-6-8-17(14)21(27)22-12-20(26)30-13-19(25)23-16-10-9-15(2)18(11-16)31(28,29)24(3)4/h5-11H,12-13H2,1-4H3,(H,22,27)(H,23,25). The molecule has 10 heteroatoms. The maximum Gasteiger partial charge on any atom is 0.325 e. The molecule has 2 rings (SSSR count). The zero-order valence-corrected chi connectivity index (χ0v) is 18.6. The van der Waals surface area contributed by atoms with Gasteiger partial charge >= 0.3 is 5.97 Å². The van der Waals surface area contributed by atoms with E-state index in [9.17, 15) is 22.8 Å². The lowest BCUT2D eigenvalue weighted by atomic mass is 10.1. The molecule has 0 fully saturated rings. The second-order valence-electron chi connectivity index (χ2n) is 6.97. The number of nitrogens with zero attached hydrogens (tertiary/aromatic N) is 1. The van der Waals surface area contributed by atoms with E-state index < -0.39 is 41.0 Å². The van der Waals surface area contributed by atoms with Crippen LogP contribution >= 0.6 is 0 Å². The molecule has 0 aliphatic rings. The van der Waals surface area contributed by atoms with Crippen LogP contribution in [0.2, 0.25) is 0 Å². The minimum Gasteiger partial charge on any atom is -0.454 e. The summed E-state index contributed by atoms with van der Waals surface area (Å²) in [4.78, 5) is 36.0. The van der Waals surface area contributed by atoms with Crippen molar-refractivity contribution in [2.75, 3.05) is 32.6 Å². The van der Waals surface area contributed by atoms with Gasteiger partial charge in [-0.25, -0.2) is 12.7 Å². The van der Waals surface area contributed by atoms with Gasteiger partial charge in [-0.05, 0) is 43.2 Å². The summed E-state index contributed by atoms with van der Waals surface area (Å²) in [5.41, 5.74) is 1.99. The van der Waals surface area contributed by atoms with Crippen LogP contribution in [0.5, 0.6) is 0 Å². The van der Waals surface area contributed by atoms with E-state index in [4.69, 9.17) is 4.74 Å². The number of hydrogen-bond acceptors (Lipinski definition) is 6. The van der Waals surface area contributed by atoms with Crippen LogP contribution in [0.1, 0.15) is 21.5 Å². The number of nitrogens with one attached hydrogen (secondary N) is 2. The maximum atomic E-state index is 12.4. The van der Waals surface area contributed by atoms with Crippen LogP contribution in [0, 0.1) is 13.8 Å². The topological polar surface area (TPSA) is 122 Å². The average molecular weight is 448 g/mol. The first-order valence-electron chi connectivity index (χ1n) is 9.35. The van der Waals surface area contributed by atoms with E-state index in [2.05, 4.69) is 10.6 Å². The zero-order valence-electron chi connectivity index (χ0n) is 17.8. The first kappa shape index (κ1) is 24.0. The molecule has 166 valence electrons. The molecule has 2 N–H and O–H groups in total. The molecule has 0 saturated heterocycles. The Morgan fingerprint density at radius 1 is 1.00 bits per heavy atom. The van der Waals surface area contributed by atoms with E-state index in [0.717, 1.165) is 9.87 Å². The molecule has 0 spiro atoms. The Morgan fingerprint density at radius 2 is 1.68 bits per heavy atom. The highest BCUT2D eigenvalue weighted by Crippen LogP contribution is 2.22. The van der Waals surface area contributed by atoms with Gasteiger partial charge in [-0.15, -0.1) is 0 Å². The third-order valence-corrected chi connectivity index (χ3v) is 6.33. The molecule has 0 aliphatic heterocycles. The third kappa shape index (κ3) is 6.37. The summed E-state index contributed by atoms with van der Waals surface area (Å²) in [7, 11) is -0.849. The van der Waals surface area contributed by atoms with Gasteiger partial charge in [-0.2, -0.15) is 0 Å². The van der Waals surface area contributed by atoms with Crippen LogP contribution in [-0.4, -0.2) is 57.8 Å². The summed E-state index contributed by atoms with van der Waals surface area (Å²) in [6.45, 7) is 2.45. The van der Waals surface area contributed by atoms with Crippen LogP contribution in [0.15, 0.2) is 47.4 Å². The summed E-state index contributed by atoms with van der Waals surface area (Å²) in [6, 6.07) is 11.4. The average Bonchev–Trinajstić information content (AvgIpc) is 2.72. The quantitative estimate of drug-likeness (QED) is 0.591. The number of anilines is 1. The second-order valence-corrected chi connectivity index (χ2v) is 9.09. The highest BCUT2D eigenvalue weighted by Gasteiger charge is 2.20. The van der Waals surface area contributed by atoms with Crippen LogP contribution in [0.3, 0.4) is 0 Å². The summed E-state index contributed by atoms with van der Waals surface area (Å²) in [5.74, 6) is -1.85. The van der Waals surface area contributed by atoms with Crippen molar-refractivity contribution >= 4 is 33.5 Å². The van der Waals surface area contributed by atoms with Gasteiger partial charge in [-0.3, -0.25) is 14.4 Å². The van der Waals surface area contributed by atoms with Crippen LogP contribution < -0.4 is 10.6 Å². The van der Waals surface area contributed by atoms with Crippen molar-refractivity contribution in [2.24, 2.45) is 0 Å². The van der Waals surface area contributed by atoms with Crippen molar-refractivity contribution in [1.82, 2.24) is 9.62 Å². The number of ether oxygens (including phenoxy) is 1. The molecule has 2 aromatic carbocycles. The van der Waals surface area contributed by atoms with Gasteiger partial charge in [0.05, 0.1) is 4.90 Å². The predicted molar refractivity (Wildman–Crippen MR) is 115 cm³/mol. The number of carbonyl (C=O) groups is 3. The fourth-order valence-electron chi connectivity index (χ4n) is 2.62. The molecule has 0 heterocycles. The van der Waals surface area contributed by atoms with Gasteiger partial charge in [0.2, 0.25) is 10.0 Å². The molecule has 0 bridgehead atoms. The first-order valence-corrected chi connectivity index (χ1v) is 10.8. The Balaban J connectivity index is 1.89. The minimum atomic E-state index is -3.68. The Hall–Kier alpha value is -3.24. The number of aryl methyl sites for hydroxylation is 2. The van der Waals surface area contributed by atoms with E-state index in [0.29, 0.717) is 11.1 Å². The number of esters is 1. The summed E-state index contributed by atoms with van der Waals surface area (Å²) in [5, 5.41) is 4.92. The zero-order chi connectivity index (χ0) is 23.2. The summed E-state index contributed by atoms with van der Waals surface area (Å²) in [6.07, 6.45) is 0. The van der Waals surface area contributed by atoms with Crippen molar-refractivity contribution in [2.45, 2.75) is 18.7 Å². The Labute approximate surface area is 181 Å². The lowest BCUT2D eigenvalue weighted by Crippen LogP contribution is -2.32. The molecule has 0 atom stereocenters. The summed E-state index contributed by atoms with van der Waals surface area (Å²) < 4.78 is 30.7. The Bertz CT molecular complexity index is 1100. The van der Waals surface area contributed by atoms with E-state index in [-0.39, 0.29) is 10.6 Å². The monoisotopic (exact) mass is 447 g/mol. The van der Waals surface area contributed by atoms with Gasteiger partial charge in [0.15, 0.2) is 6.61 Å². The third-order valence-electron chi connectivity index (χ3n) is 4.38. The van der Waals surface area contributed by atoms with E-state index in [1.54, 1.807) is 50.2 Å². The number of rotatable bonds is 8. The van der Waals surface area contributed by atoms with Gasteiger partial charge in [-0.1, -0.05) is 24.3 Å². The number of amides is 2. The Morgan fingerprint density at radius 3 is 2.32 bits per heavy atom. The van der Waals surface area contributed by atoms with Crippen molar-refractivity contribution < 1.29 is 27.5 Å². The molecule has 9 nitrogen and oxygen atoms in total. The second kappa shape index (κ2) is 10.2. The largest absolute Gasteiger partial charge is 0.454 e. The molecule has 2 amide bonds. The Kier molecular flexibility index (Phi) is 7.89. The smallest absolute Gasteiger partial charge is 0.325 e. The van der Waals surface area contributed by atoms with Gasteiger partial charge in [0, 0.05) is 25.3 Å². The minimum absolute atomic E-state index is 0.0613. The van der Waals surface area contributed by atoms with Crippen molar-refractivity contribution in [3.05, 3.63) is 59.2 Å². The molecule has 0 aliphatic carbocycles. The van der Waals surface area contributed by atoms with Crippen molar-refractivity contribution in [3.8, 4) is 0 Å². The molecular weight excluding hydrogens is 422 g/mol. The van der Waals surface area contributed by atoms with E-state index in [1.165, 1.54) is 20.2 Å². The van der Waals surface area contributed by atoms with Gasteiger partial charge in [0.1, 0.15) is 6.54 Å². The molecule has 0 aromatic heterocycles. The van der Waals surface area contributed by atoms with Crippen molar-refractivity contribution in [1.29, 1.82) is 0 Å². The molecule has 0 saturated carbocycles. The molecule has 31 heavy (non-hydrogen) atoms. The highest BCUT2D eigenvalue weighted by molar-refractivity contribution is 7.89. The first-order chi connectivity index (χ1) is 14.5. The number of sulfonamides is 1. The molecular formula is C21H25N3O6S. The number of hydrogen-bond donors (Lipinski definition) is 2. The van der Waals surface area contributed by atoms with Gasteiger partial charge < -0.3 is 15.4 Å². The van der Waals surface area contributed by atoms with Gasteiger partial charge in [0.25, 0.3) is 11.8 Å². The normalized spacial score (nSPS) is 11.1. The van der Waals surface area contributed by atoms with Crippen LogP contribution in [-0.2, 0) is 24.3 Å². The molecule has 0 unspecified atom stereocenters. The van der Waals surface area contributed by atoms with Crippen LogP contribution in [0.25, 0.3) is 0 Å². The van der Waals surface area contributed by atoms with Crippen LogP contribution in [0.4, 0.5) is 5.69 Å². The fraction of sp³-hybridized carbons (Fsp3) is 0.286. The maximum absolute atomic E-state index is 12.4.